The van der Waals surface area contributed by atoms with Crippen LogP contribution in [0.5, 0.6) is 23.0 Å². The SMILES string of the molecule is CN[C@@H](C)[C@@H](O)c1ccccc1.COc1ccc2c3c1O[C@H]1C(=O)CC[C@H]4[C@@H](C2)N(C)CC[C@]314.COc1ccccc1OCC(O)CO. The number of nitrogens with zero attached hydrogens (tertiary/aromatic N) is 1. The predicted molar refractivity (Wildman–Crippen MR) is 183 cm³/mol. The monoisotopic (exact) mass is 662 g/mol. The van der Waals surface area contributed by atoms with E-state index < -0.39 is 12.2 Å². The first-order chi connectivity index (χ1) is 23.2. The number of piperidine rings is 1. The van der Waals surface area contributed by atoms with Crippen molar-refractivity contribution in [2.24, 2.45) is 5.92 Å². The van der Waals surface area contributed by atoms with Gasteiger partial charge in [-0.05, 0) is 82.1 Å². The molecule has 10 nitrogen and oxygen atoms in total. The minimum Gasteiger partial charge on any atom is -0.493 e. The van der Waals surface area contributed by atoms with Crippen LogP contribution in [0, 0.1) is 5.92 Å². The summed E-state index contributed by atoms with van der Waals surface area (Å²) in [6.07, 6.45) is 2.19. The van der Waals surface area contributed by atoms with Crippen molar-refractivity contribution in [3.8, 4) is 23.0 Å². The molecule has 7 rings (SSSR count). The molecule has 2 heterocycles. The standard InChI is InChI=1S/C18H21NO3.C10H15NO.C10H14O4/c1-19-8-7-18-11-4-5-13(20)17(18)22-16-14(21-2)6-3-10(15(16)18)9-12(11)19;1-8(11-2)10(12)9-6-4-3-5-7-9;1-13-9-4-2-3-5-10(9)14-7-8(12)6-11/h3,6,11-12,17H,4-5,7-9H2,1-2H3;3-8,10-12H,1-2H3;2-5,8,11-12H,6-7H2,1H3/t11-,12+,17-,18-;8-,10+;/m00./s1. The molecule has 0 amide bonds. The Bertz CT molecular complexity index is 1520. The maximum atomic E-state index is 12.6. The van der Waals surface area contributed by atoms with Gasteiger partial charge in [-0.15, -0.1) is 0 Å². The van der Waals surface area contributed by atoms with E-state index in [1.54, 1.807) is 26.4 Å². The average molecular weight is 663 g/mol. The number of Topliss-reactive ketones (excluding diaryl/α,β-unsaturated/α-hetero) is 1. The number of likely N-dealkylation sites (N-methyl/N-ethyl adjacent to an activating group) is 2. The van der Waals surface area contributed by atoms with Crippen LogP contribution < -0.4 is 24.3 Å². The number of ether oxygens (including phenoxy) is 4. The minimum atomic E-state index is -0.861. The van der Waals surface area contributed by atoms with Gasteiger partial charge < -0.3 is 44.5 Å². The maximum absolute atomic E-state index is 12.6. The van der Waals surface area contributed by atoms with Crippen molar-refractivity contribution in [3.05, 3.63) is 83.4 Å². The lowest BCUT2D eigenvalue weighted by Crippen LogP contribution is -2.65. The first kappa shape index (κ1) is 35.6. The number of aliphatic hydroxyl groups is 3. The number of nitrogens with one attached hydrogen (secondary N) is 1. The summed E-state index contributed by atoms with van der Waals surface area (Å²) in [6, 6.07) is 21.6. The van der Waals surface area contributed by atoms with E-state index >= 15 is 0 Å². The number of hydrogen-bond donors (Lipinski definition) is 4. The Kier molecular flexibility index (Phi) is 11.7. The number of methoxy groups -OCH3 is 2. The second-order valence-corrected chi connectivity index (χ2v) is 13.0. The first-order valence-electron chi connectivity index (χ1n) is 16.7. The smallest absolute Gasteiger partial charge is 0.174 e. The lowest BCUT2D eigenvalue weighted by molar-refractivity contribution is -0.138. The highest BCUT2D eigenvalue weighted by molar-refractivity contribution is 5.89. The summed E-state index contributed by atoms with van der Waals surface area (Å²) in [7, 11) is 7.30. The molecular formula is C38H50N2O8. The number of ketones is 1. The zero-order chi connectivity index (χ0) is 34.4. The molecule has 7 atom stereocenters. The Morgan fingerprint density at radius 1 is 1.00 bits per heavy atom. The van der Waals surface area contributed by atoms with Crippen LogP contribution in [0.1, 0.15) is 49.0 Å². The van der Waals surface area contributed by atoms with Gasteiger partial charge in [0.1, 0.15) is 12.7 Å². The molecule has 1 unspecified atom stereocenters. The molecule has 2 fully saturated rings. The fourth-order valence-electron chi connectivity index (χ4n) is 7.74. The molecule has 1 spiro atoms. The zero-order valence-corrected chi connectivity index (χ0v) is 28.6. The van der Waals surface area contributed by atoms with Crippen molar-refractivity contribution in [3.63, 3.8) is 0 Å². The van der Waals surface area contributed by atoms with E-state index in [0.29, 0.717) is 29.9 Å². The highest BCUT2D eigenvalue weighted by Crippen LogP contribution is 2.63. The molecule has 3 aromatic carbocycles. The molecule has 48 heavy (non-hydrogen) atoms. The average Bonchev–Trinajstić information content (AvgIpc) is 3.49. The van der Waals surface area contributed by atoms with E-state index in [-0.39, 0.29) is 36.6 Å². The molecular weight excluding hydrogens is 612 g/mol. The van der Waals surface area contributed by atoms with Gasteiger partial charge in [0.25, 0.3) is 0 Å². The van der Waals surface area contributed by atoms with Gasteiger partial charge in [0, 0.05) is 29.5 Å². The van der Waals surface area contributed by atoms with Gasteiger partial charge in [0.05, 0.1) is 26.9 Å². The van der Waals surface area contributed by atoms with E-state index in [0.717, 1.165) is 42.9 Å². The molecule has 3 aromatic rings. The Hall–Kier alpha value is -3.67. The van der Waals surface area contributed by atoms with Crippen LogP contribution in [0.4, 0.5) is 0 Å². The Balaban J connectivity index is 0.000000151. The summed E-state index contributed by atoms with van der Waals surface area (Å²) in [5, 5.41) is 30.4. The molecule has 2 bridgehead atoms. The van der Waals surface area contributed by atoms with Crippen LogP contribution in [-0.4, -0.2) is 98.4 Å². The van der Waals surface area contributed by atoms with Crippen molar-refractivity contribution < 1.29 is 39.1 Å². The van der Waals surface area contributed by atoms with E-state index in [1.165, 1.54) is 11.1 Å². The number of rotatable bonds is 9. The van der Waals surface area contributed by atoms with E-state index in [1.807, 2.05) is 62.5 Å². The van der Waals surface area contributed by atoms with Crippen molar-refractivity contribution >= 4 is 5.78 Å². The summed E-state index contributed by atoms with van der Waals surface area (Å²) < 4.78 is 22.1. The second-order valence-electron chi connectivity index (χ2n) is 13.0. The van der Waals surface area contributed by atoms with E-state index in [4.69, 9.17) is 29.2 Å². The van der Waals surface area contributed by atoms with Crippen molar-refractivity contribution in [1.29, 1.82) is 0 Å². The Morgan fingerprint density at radius 2 is 1.69 bits per heavy atom. The Morgan fingerprint density at radius 3 is 2.35 bits per heavy atom. The summed E-state index contributed by atoms with van der Waals surface area (Å²) in [6.45, 7) is 2.74. The van der Waals surface area contributed by atoms with Crippen LogP contribution in [0.15, 0.2) is 66.7 Å². The summed E-state index contributed by atoms with van der Waals surface area (Å²) in [5.41, 5.74) is 3.53. The number of hydrogen-bond acceptors (Lipinski definition) is 10. The lowest BCUT2D eigenvalue weighted by atomic mass is 9.52. The molecule has 260 valence electrons. The molecule has 2 aliphatic heterocycles. The summed E-state index contributed by atoms with van der Waals surface area (Å²) in [5.74, 6) is 3.63. The topological polar surface area (TPSA) is 130 Å². The van der Waals surface area contributed by atoms with E-state index in [9.17, 15) is 9.90 Å². The lowest BCUT2D eigenvalue weighted by Gasteiger charge is -2.57. The number of carbonyl (C=O) groups is 1. The molecule has 0 radical (unpaired) electrons. The fraction of sp³-hybridized carbons (Fsp3) is 0.500. The van der Waals surface area contributed by atoms with E-state index in [2.05, 4.69) is 23.3 Å². The highest BCUT2D eigenvalue weighted by Gasteiger charge is 2.65. The van der Waals surface area contributed by atoms with Gasteiger partial charge in [-0.2, -0.15) is 0 Å². The zero-order valence-electron chi connectivity index (χ0n) is 28.6. The van der Waals surface area contributed by atoms with Crippen molar-refractivity contribution in [2.75, 3.05) is 48.1 Å². The van der Waals surface area contributed by atoms with Gasteiger partial charge >= 0.3 is 0 Å². The second kappa shape index (κ2) is 15.7. The molecule has 1 saturated heterocycles. The number of aliphatic hydroxyl groups excluding tert-OH is 3. The predicted octanol–water partition coefficient (Wildman–Crippen LogP) is 3.69. The van der Waals surface area contributed by atoms with Crippen LogP contribution in [-0.2, 0) is 16.6 Å². The number of carbonyl (C=O) groups excluding carboxylic acids is 1. The first-order valence-corrected chi connectivity index (χ1v) is 16.7. The normalized spacial score (nSPS) is 25.1. The Labute approximate surface area is 283 Å². The molecule has 2 aliphatic carbocycles. The summed E-state index contributed by atoms with van der Waals surface area (Å²) >= 11 is 0. The number of likely N-dealkylation sites (tertiary alicyclic amines) is 1. The fourth-order valence-corrected chi connectivity index (χ4v) is 7.74. The van der Waals surface area contributed by atoms with Crippen LogP contribution in [0.25, 0.3) is 0 Å². The minimum absolute atomic E-state index is 0.0525. The molecule has 0 aromatic heterocycles. The largest absolute Gasteiger partial charge is 0.493 e. The van der Waals surface area contributed by atoms with Gasteiger partial charge in [0.15, 0.2) is 34.9 Å². The molecule has 1 saturated carbocycles. The highest BCUT2D eigenvalue weighted by atomic mass is 16.5. The van der Waals surface area contributed by atoms with Gasteiger partial charge in [-0.3, -0.25) is 4.79 Å². The van der Waals surface area contributed by atoms with Crippen LogP contribution in [0.3, 0.4) is 0 Å². The van der Waals surface area contributed by atoms with Crippen LogP contribution >= 0.6 is 0 Å². The number of benzene rings is 3. The number of para-hydroxylation sites is 2. The van der Waals surface area contributed by atoms with Gasteiger partial charge in [-0.1, -0.05) is 48.5 Å². The van der Waals surface area contributed by atoms with Crippen molar-refractivity contribution in [1.82, 2.24) is 10.2 Å². The molecule has 4 aliphatic rings. The maximum Gasteiger partial charge on any atom is 0.174 e. The van der Waals surface area contributed by atoms with Crippen molar-refractivity contribution in [2.45, 2.75) is 68.4 Å². The van der Waals surface area contributed by atoms with Gasteiger partial charge in [0.2, 0.25) is 0 Å². The third kappa shape index (κ3) is 6.91. The third-order valence-electron chi connectivity index (χ3n) is 10.4. The third-order valence-corrected chi connectivity index (χ3v) is 10.4. The quantitative estimate of drug-likeness (QED) is 0.269. The van der Waals surface area contributed by atoms with Crippen LogP contribution in [0.2, 0.25) is 0 Å². The molecule has 10 heteroatoms. The summed E-state index contributed by atoms with van der Waals surface area (Å²) in [4.78, 5) is 15.1. The molecule has 4 N–H and O–H groups in total. The van der Waals surface area contributed by atoms with Gasteiger partial charge in [-0.25, -0.2) is 0 Å².